The average molecular weight is 276 g/mol. The molecule has 2 nitrogen and oxygen atoms in total. The largest absolute Gasteiger partial charge is 0.485 e. The summed E-state index contributed by atoms with van der Waals surface area (Å²) in [5.74, 6) is 0.786. The highest BCUT2D eigenvalue weighted by Crippen LogP contribution is 2.42. The second-order valence-electron chi connectivity index (χ2n) is 5.46. The smallest absolute Gasteiger partial charge is 0.127 e. The van der Waals surface area contributed by atoms with Crippen LogP contribution in [0.2, 0.25) is 0 Å². The van der Waals surface area contributed by atoms with Crippen LogP contribution in [0.4, 0.5) is 0 Å². The van der Waals surface area contributed by atoms with Crippen LogP contribution in [0.25, 0.3) is 10.8 Å². The van der Waals surface area contributed by atoms with E-state index >= 15 is 0 Å². The van der Waals surface area contributed by atoms with E-state index in [1.54, 1.807) is 0 Å². The fraction of sp³-hybridized carbons (Fsp3) is 0.158. The highest BCUT2D eigenvalue weighted by atomic mass is 16.5. The van der Waals surface area contributed by atoms with Gasteiger partial charge in [-0.25, -0.2) is 0 Å². The summed E-state index contributed by atoms with van der Waals surface area (Å²) in [6.45, 7) is 0. The zero-order valence-corrected chi connectivity index (χ0v) is 11.6. The molecule has 1 aliphatic rings. The monoisotopic (exact) mass is 276 g/mol. The van der Waals surface area contributed by atoms with Crippen LogP contribution in [0.5, 0.6) is 5.75 Å². The van der Waals surface area contributed by atoms with Gasteiger partial charge in [-0.15, -0.1) is 0 Å². The molecule has 3 aromatic rings. The Bertz CT molecular complexity index is 789. The maximum absolute atomic E-state index is 10.4. The van der Waals surface area contributed by atoms with Gasteiger partial charge in [0.05, 0.1) is 6.10 Å². The quantitative estimate of drug-likeness (QED) is 0.714. The Labute approximate surface area is 123 Å². The first kappa shape index (κ1) is 12.4. The van der Waals surface area contributed by atoms with Gasteiger partial charge in [0.25, 0.3) is 0 Å². The van der Waals surface area contributed by atoms with Crippen LogP contribution in [-0.2, 0) is 0 Å². The SMILES string of the molecule is O[C@H]1CC(c2cccc3ccccc23)Oc2ccccc21. The Kier molecular flexibility index (Phi) is 2.90. The number of fused-ring (bicyclic) bond motifs is 2. The molecule has 0 amide bonds. The van der Waals surface area contributed by atoms with Gasteiger partial charge in [0.15, 0.2) is 0 Å². The van der Waals surface area contributed by atoms with E-state index in [1.165, 1.54) is 10.8 Å². The number of aliphatic hydroxyl groups is 1. The van der Waals surface area contributed by atoms with Gasteiger partial charge >= 0.3 is 0 Å². The first-order chi connectivity index (χ1) is 10.3. The Morgan fingerprint density at radius 1 is 0.810 bits per heavy atom. The van der Waals surface area contributed by atoms with Gasteiger partial charge in [-0.1, -0.05) is 60.7 Å². The van der Waals surface area contributed by atoms with Crippen molar-refractivity contribution in [2.24, 2.45) is 0 Å². The van der Waals surface area contributed by atoms with Gasteiger partial charge < -0.3 is 9.84 Å². The molecule has 1 unspecified atom stereocenters. The molecule has 2 atom stereocenters. The minimum Gasteiger partial charge on any atom is -0.485 e. The predicted molar refractivity (Wildman–Crippen MR) is 83.3 cm³/mol. The van der Waals surface area contributed by atoms with Gasteiger partial charge in [0.2, 0.25) is 0 Å². The summed E-state index contributed by atoms with van der Waals surface area (Å²) in [4.78, 5) is 0. The van der Waals surface area contributed by atoms with Gasteiger partial charge in [0.1, 0.15) is 11.9 Å². The van der Waals surface area contributed by atoms with Crippen molar-refractivity contribution in [1.82, 2.24) is 0 Å². The minimum absolute atomic E-state index is 0.110. The number of aliphatic hydroxyl groups excluding tert-OH is 1. The van der Waals surface area contributed by atoms with Gasteiger partial charge in [0, 0.05) is 17.5 Å². The first-order valence-electron chi connectivity index (χ1n) is 7.24. The maximum atomic E-state index is 10.4. The summed E-state index contributed by atoms with van der Waals surface area (Å²) in [5.41, 5.74) is 2.02. The lowest BCUT2D eigenvalue weighted by atomic mass is 9.92. The number of rotatable bonds is 1. The van der Waals surface area contributed by atoms with Crippen LogP contribution in [0.1, 0.15) is 29.8 Å². The fourth-order valence-corrected chi connectivity index (χ4v) is 3.12. The van der Waals surface area contributed by atoms with Gasteiger partial charge in [-0.3, -0.25) is 0 Å². The molecule has 21 heavy (non-hydrogen) atoms. The lowest BCUT2D eigenvalue weighted by molar-refractivity contribution is 0.0664. The molecule has 104 valence electrons. The molecule has 0 saturated heterocycles. The number of ether oxygens (including phenoxy) is 1. The molecule has 0 radical (unpaired) electrons. The normalized spacial score (nSPS) is 20.8. The van der Waals surface area contributed by atoms with Crippen LogP contribution in [0, 0.1) is 0 Å². The van der Waals surface area contributed by atoms with Crippen molar-refractivity contribution >= 4 is 10.8 Å². The third-order valence-electron chi connectivity index (χ3n) is 4.15. The Hall–Kier alpha value is -2.32. The Morgan fingerprint density at radius 3 is 2.48 bits per heavy atom. The van der Waals surface area contributed by atoms with Crippen molar-refractivity contribution in [2.45, 2.75) is 18.6 Å². The standard InChI is InChI=1S/C19H16O2/c20-17-12-19(21-18-11-4-3-9-16(17)18)15-10-5-7-13-6-1-2-8-14(13)15/h1-11,17,19-20H,12H2/t17-,19?/m0/s1. The van der Waals surface area contributed by atoms with E-state index in [9.17, 15) is 5.11 Å². The predicted octanol–water partition coefficient (Wildman–Crippen LogP) is 4.40. The van der Waals surface area contributed by atoms with Crippen molar-refractivity contribution in [1.29, 1.82) is 0 Å². The van der Waals surface area contributed by atoms with Crippen LogP contribution in [0.3, 0.4) is 0 Å². The minimum atomic E-state index is -0.473. The van der Waals surface area contributed by atoms with Crippen molar-refractivity contribution in [3.63, 3.8) is 0 Å². The van der Waals surface area contributed by atoms with Crippen molar-refractivity contribution in [2.75, 3.05) is 0 Å². The highest BCUT2D eigenvalue weighted by molar-refractivity contribution is 5.86. The molecular formula is C19H16O2. The zero-order valence-electron chi connectivity index (χ0n) is 11.6. The molecule has 3 aromatic carbocycles. The van der Waals surface area contributed by atoms with Crippen molar-refractivity contribution in [3.05, 3.63) is 77.9 Å². The van der Waals surface area contributed by atoms with Crippen molar-refractivity contribution in [3.8, 4) is 5.75 Å². The van der Waals surface area contributed by atoms with E-state index in [2.05, 4.69) is 24.3 Å². The third-order valence-corrected chi connectivity index (χ3v) is 4.15. The number of hydrogen-bond acceptors (Lipinski definition) is 2. The third kappa shape index (κ3) is 2.08. The van der Waals surface area contributed by atoms with Crippen molar-refractivity contribution < 1.29 is 9.84 Å². The molecule has 0 bridgehead atoms. The lowest BCUT2D eigenvalue weighted by Gasteiger charge is -2.30. The van der Waals surface area contributed by atoms with Crippen LogP contribution in [0.15, 0.2) is 66.7 Å². The van der Waals surface area contributed by atoms with Crippen LogP contribution in [-0.4, -0.2) is 5.11 Å². The van der Waals surface area contributed by atoms with E-state index in [4.69, 9.17) is 4.74 Å². The zero-order chi connectivity index (χ0) is 14.2. The molecule has 0 fully saturated rings. The van der Waals surface area contributed by atoms with Gasteiger partial charge in [-0.05, 0) is 16.8 Å². The second-order valence-corrected chi connectivity index (χ2v) is 5.46. The van der Waals surface area contributed by atoms with E-state index in [-0.39, 0.29) is 6.10 Å². The van der Waals surface area contributed by atoms with E-state index in [1.807, 2.05) is 42.5 Å². The summed E-state index contributed by atoms with van der Waals surface area (Å²) in [7, 11) is 0. The topological polar surface area (TPSA) is 29.5 Å². The fourth-order valence-electron chi connectivity index (χ4n) is 3.12. The first-order valence-corrected chi connectivity index (χ1v) is 7.24. The Balaban J connectivity index is 1.81. The van der Waals surface area contributed by atoms with E-state index < -0.39 is 6.10 Å². The average Bonchev–Trinajstić information content (AvgIpc) is 2.54. The van der Waals surface area contributed by atoms with E-state index in [0.29, 0.717) is 6.42 Å². The summed E-state index contributed by atoms with van der Waals surface area (Å²) in [5, 5.41) is 12.8. The molecule has 1 heterocycles. The molecule has 0 spiro atoms. The molecule has 2 heteroatoms. The molecule has 1 N–H and O–H groups in total. The van der Waals surface area contributed by atoms with Gasteiger partial charge in [-0.2, -0.15) is 0 Å². The molecule has 0 saturated carbocycles. The van der Waals surface area contributed by atoms with E-state index in [0.717, 1.165) is 16.9 Å². The highest BCUT2D eigenvalue weighted by Gasteiger charge is 2.28. The van der Waals surface area contributed by atoms with Crippen LogP contribution >= 0.6 is 0 Å². The summed E-state index contributed by atoms with van der Waals surface area (Å²) in [6.07, 6.45) is 0.00491. The lowest BCUT2D eigenvalue weighted by Crippen LogP contribution is -2.19. The molecular weight excluding hydrogens is 260 g/mol. The summed E-state index contributed by atoms with van der Waals surface area (Å²) in [6, 6.07) is 22.3. The number of benzene rings is 3. The number of para-hydroxylation sites is 1. The molecule has 4 rings (SSSR count). The molecule has 0 aliphatic carbocycles. The Morgan fingerprint density at radius 2 is 1.52 bits per heavy atom. The summed E-state index contributed by atoms with van der Waals surface area (Å²) >= 11 is 0. The molecule has 1 aliphatic heterocycles. The summed E-state index contributed by atoms with van der Waals surface area (Å²) < 4.78 is 6.14. The maximum Gasteiger partial charge on any atom is 0.127 e. The second kappa shape index (κ2) is 4.90. The van der Waals surface area contributed by atoms with Crippen LogP contribution < -0.4 is 4.74 Å². The number of hydrogen-bond donors (Lipinski definition) is 1. The molecule has 0 aromatic heterocycles.